The van der Waals surface area contributed by atoms with Crippen LogP contribution in [0.4, 0.5) is 0 Å². The molecular formula is C21H38N8O5S. The van der Waals surface area contributed by atoms with E-state index in [-0.39, 0.29) is 25.0 Å². The Labute approximate surface area is 210 Å². The second-order valence-electron chi connectivity index (χ2n) is 8.16. The molecule has 3 amide bonds. The molecule has 4 atom stereocenters. The molecule has 0 spiro atoms. The van der Waals surface area contributed by atoms with Gasteiger partial charge in [-0.2, -0.15) is 12.6 Å². The fourth-order valence-electron chi connectivity index (χ4n) is 3.26. The summed E-state index contributed by atoms with van der Waals surface area (Å²) in [6.45, 7) is 0.836. The second-order valence-corrected chi connectivity index (χ2v) is 8.53. The number of amides is 3. The number of carbonyl (C=O) groups excluding carboxylic acids is 3. The standard InChI is InChI=1S/C21H38N8O5S/c22-7-3-1-5-15(27-18(30)14(24)9-13-10-25-12-26-13)19(31)29-17(11-35)20(32)28-16(21(33)34)6-2-4-8-23/h10,12,14-17,35H,1-9,11,22-24H2,(H,25,26)(H,27,30)(H,28,32)(H,29,31)(H,33,34). The molecule has 0 fully saturated rings. The number of aliphatic carboxylic acids is 1. The van der Waals surface area contributed by atoms with Gasteiger partial charge in [0.15, 0.2) is 0 Å². The highest BCUT2D eigenvalue weighted by atomic mass is 32.1. The van der Waals surface area contributed by atoms with Crippen LogP contribution in [0.15, 0.2) is 12.5 Å². The first-order valence-corrected chi connectivity index (χ1v) is 12.2. The van der Waals surface area contributed by atoms with Crippen molar-refractivity contribution < 1.29 is 24.3 Å². The Kier molecular flexibility index (Phi) is 14.6. The van der Waals surface area contributed by atoms with Gasteiger partial charge in [0.1, 0.15) is 18.1 Å². The predicted molar refractivity (Wildman–Crippen MR) is 133 cm³/mol. The number of nitrogens with two attached hydrogens (primary N) is 3. The fraction of sp³-hybridized carbons (Fsp3) is 0.667. The van der Waals surface area contributed by atoms with Crippen LogP contribution in [0.1, 0.15) is 44.2 Å². The van der Waals surface area contributed by atoms with Crippen molar-refractivity contribution in [3.63, 3.8) is 0 Å². The number of unbranched alkanes of at least 4 members (excludes halogenated alkanes) is 2. The Balaban J connectivity index is 2.79. The number of nitrogens with zero attached hydrogens (tertiary/aromatic N) is 1. The van der Waals surface area contributed by atoms with Gasteiger partial charge in [-0.3, -0.25) is 14.4 Å². The van der Waals surface area contributed by atoms with Crippen LogP contribution < -0.4 is 33.2 Å². The van der Waals surface area contributed by atoms with Crippen molar-refractivity contribution in [2.24, 2.45) is 17.2 Å². The van der Waals surface area contributed by atoms with Crippen molar-refractivity contribution in [2.75, 3.05) is 18.8 Å². The molecule has 1 aromatic heterocycles. The molecule has 0 saturated heterocycles. The molecule has 0 aliphatic carbocycles. The zero-order valence-electron chi connectivity index (χ0n) is 19.7. The van der Waals surface area contributed by atoms with Crippen molar-refractivity contribution in [1.29, 1.82) is 0 Å². The summed E-state index contributed by atoms with van der Waals surface area (Å²) >= 11 is 4.12. The summed E-state index contributed by atoms with van der Waals surface area (Å²) in [5.41, 5.74) is 17.6. The molecule has 1 rings (SSSR count). The third-order valence-corrected chi connectivity index (χ3v) is 5.65. The minimum Gasteiger partial charge on any atom is -0.480 e. The van der Waals surface area contributed by atoms with Gasteiger partial charge in [0, 0.05) is 24.1 Å². The summed E-state index contributed by atoms with van der Waals surface area (Å²) in [4.78, 5) is 56.4. The molecule has 0 aliphatic rings. The lowest BCUT2D eigenvalue weighted by Crippen LogP contribution is -2.57. The number of carboxylic acid groups (broad SMARTS) is 1. The molecule has 0 saturated carbocycles. The molecule has 13 nitrogen and oxygen atoms in total. The topological polar surface area (TPSA) is 231 Å². The van der Waals surface area contributed by atoms with Crippen LogP contribution in [0, 0.1) is 0 Å². The van der Waals surface area contributed by atoms with Crippen LogP contribution in [0.3, 0.4) is 0 Å². The monoisotopic (exact) mass is 514 g/mol. The zero-order chi connectivity index (χ0) is 26.2. The summed E-state index contributed by atoms with van der Waals surface area (Å²) in [6, 6.07) is -4.10. The largest absolute Gasteiger partial charge is 0.480 e. The number of nitrogens with one attached hydrogen (secondary N) is 4. The number of carboxylic acids is 1. The molecule has 0 aliphatic heterocycles. The van der Waals surface area contributed by atoms with Crippen LogP contribution >= 0.6 is 12.6 Å². The lowest BCUT2D eigenvalue weighted by atomic mass is 10.1. The van der Waals surface area contributed by atoms with E-state index in [0.29, 0.717) is 44.5 Å². The van der Waals surface area contributed by atoms with E-state index in [2.05, 4.69) is 38.5 Å². The van der Waals surface area contributed by atoms with Gasteiger partial charge < -0.3 is 43.2 Å². The lowest BCUT2D eigenvalue weighted by molar-refractivity contribution is -0.142. The van der Waals surface area contributed by atoms with Crippen molar-refractivity contribution >= 4 is 36.3 Å². The Hall–Kier alpha value is -2.68. The Morgan fingerprint density at radius 2 is 1.46 bits per heavy atom. The normalized spacial score (nSPS) is 14.4. The van der Waals surface area contributed by atoms with Crippen LogP contribution in [-0.2, 0) is 25.6 Å². The van der Waals surface area contributed by atoms with Gasteiger partial charge in [-0.25, -0.2) is 9.78 Å². The van der Waals surface area contributed by atoms with Crippen LogP contribution in [0.5, 0.6) is 0 Å². The maximum absolute atomic E-state index is 13.0. The van der Waals surface area contributed by atoms with Gasteiger partial charge in [0.25, 0.3) is 0 Å². The molecule has 11 N–H and O–H groups in total. The molecule has 198 valence electrons. The summed E-state index contributed by atoms with van der Waals surface area (Å²) in [7, 11) is 0. The minimum atomic E-state index is -1.18. The lowest BCUT2D eigenvalue weighted by Gasteiger charge is -2.24. The van der Waals surface area contributed by atoms with Gasteiger partial charge in [-0.05, 0) is 51.6 Å². The fourth-order valence-corrected chi connectivity index (χ4v) is 3.51. The Morgan fingerprint density at radius 1 is 0.914 bits per heavy atom. The number of carbonyl (C=O) groups is 4. The number of H-pyrrole nitrogens is 1. The van der Waals surface area contributed by atoms with Crippen LogP contribution in [0.25, 0.3) is 0 Å². The van der Waals surface area contributed by atoms with Crippen LogP contribution in [-0.4, -0.2) is 81.8 Å². The molecule has 35 heavy (non-hydrogen) atoms. The quantitative estimate of drug-likeness (QED) is 0.0778. The van der Waals surface area contributed by atoms with E-state index in [1.807, 2.05) is 0 Å². The number of hydrogen-bond acceptors (Lipinski definition) is 9. The average Bonchev–Trinajstić information content (AvgIpc) is 3.33. The molecule has 14 heteroatoms. The van der Waals surface area contributed by atoms with Crippen molar-refractivity contribution in [3.8, 4) is 0 Å². The number of aromatic amines is 1. The number of rotatable bonds is 18. The van der Waals surface area contributed by atoms with Gasteiger partial charge >= 0.3 is 5.97 Å². The average molecular weight is 515 g/mol. The van der Waals surface area contributed by atoms with E-state index in [9.17, 15) is 24.3 Å². The molecule has 4 unspecified atom stereocenters. The Bertz CT molecular complexity index is 795. The summed E-state index contributed by atoms with van der Waals surface area (Å²) in [6.07, 6.45) is 6.06. The summed E-state index contributed by atoms with van der Waals surface area (Å²) in [5.74, 6) is -3.08. The van der Waals surface area contributed by atoms with E-state index < -0.39 is 47.9 Å². The zero-order valence-corrected chi connectivity index (χ0v) is 20.6. The summed E-state index contributed by atoms with van der Waals surface area (Å²) < 4.78 is 0. The highest BCUT2D eigenvalue weighted by molar-refractivity contribution is 7.80. The molecular weight excluding hydrogens is 476 g/mol. The predicted octanol–water partition coefficient (Wildman–Crippen LogP) is -1.99. The molecule has 1 heterocycles. The van der Waals surface area contributed by atoms with Gasteiger partial charge in [0.2, 0.25) is 17.7 Å². The number of aromatic nitrogens is 2. The van der Waals surface area contributed by atoms with Crippen LogP contribution in [0.2, 0.25) is 0 Å². The molecule has 0 aromatic carbocycles. The van der Waals surface area contributed by atoms with Gasteiger partial charge in [-0.1, -0.05) is 0 Å². The highest BCUT2D eigenvalue weighted by Gasteiger charge is 2.29. The van der Waals surface area contributed by atoms with E-state index in [1.165, 1.54) is 6.33 Å². The number of thiol groups is 1. The van der Waals surface area contributed by atoms with E-state index in [0.717, 1.165) is 0 Å². The number of imidazole rings is 1. The first kappa shape index (κ1) is 30.4. The molecule has 1 aromatic rings. The highest BCUT2D eigenvalue weighted by Crippen LogP contribution is 2.06. The minimum absolute atomic E-state index is 0.0739. The van der Waals surface area contributed by atoms with Crippen molar-refractivity contribution in [3.05, 3.63) is 18.2 Å². The Morgan fingerprint density at radius 3 is 1.97 bits per heavy atom. The summed E-state index contributed by atoms with van der Waals surface area (Å²) in [5, 5.41) is 17.0. The molecule has 0 radical (unpaired) electrons. The van der Waals surface area contributed by atoms with Gasteiger partial charge in [0.05, 0.1) is 12.4 Å². The smallest absolute Gasteiger partial charge is 0.326 e. The van der Waals surface area contributed by atoms with Crippen molar-refractivity contribution in [1.82, 2.24) is 25.9 Å². The third kappa shape index (κ3) is 11.5. The first-order chi connectivity index (χ1) is 16.7. The third-order valence-electron chi connectivity index (χ3n) is 5.29. The van der Waals surface area contributed by atoms with E-state index >= 15 is 0 Å². The van der Waals surface area contributed by atoms with E-state index in [1.54, 1.807) is 6.20 Å². The van der Waals surface area contributed by atoms with E-state index in [4.69, 9.17) is 17.2 Å². The second kappa shape index (κ2) is 16.9. The van der Waals surface area contributed by atoms with Crippen molar-refractivity contribution in [2.45, 2.75) is 69.1 Å². The number of hydrogen-bond donors (Lipinski definition) is 9. The van der Waals surface area contributed by atoms with Gasteiger partial charge in [-0.15, -0.1) is 0 Å². The maximum atomic E-state index is 13.0. The molecule has 0 bridgehead atoms. The maximum Gasteiger partial charge on any atom is 0.326 e. The first-order valence-electron chi connectivity index (χ1n) is 11.6. The SMILES string of the molecule is NCCCCC(NC(=O)C(CS)NC(=O)C(CCCCN)NC(=O)C(N)Cc1cnc[nH]1)C(=O)O.